The Morgan fingerprint density at radius 2 is 2.03 bits per heavy atom. The summed E-state index contributed by atoms with van der Waals surface area (Å²) < 4.78 is 24.7. The van der Waals surface area contributed by atoms with E-state index in [0.29, 0.717) is 41.5 Å². The molecule has 6 nitrogen and oxygen atoms in total. The molecule has 0 spiro atoms. The second kappa shape index (κ2) is 8.44. The van der Waals surface area contributed by atoms with Crippen molar-refractivity contribution >= 4 is 23.2 Å². The van der Waals surface area contributed by atoms with Crippen LogP contribution >= 0.6 is 11.6 Å². The van der Waals surface area contributed by atoms with Crippen molar-refractivity contribution in [2.24, 2.45) is 5.92 Å². The molecule has 0 saturated carbocycles. The van der Waals surface area contributed by atoms with Crippen molar-refractivity contribution in [3.8, 4) is 17.1 Å². The molecule has 4 rings (SSSR count). The lowest BCUT2D eigenvalue weighted by molar-refractivity contribution is -0.117. The van der Waals surface area contributed by atoms with Gasteiger partial charge >= 0.3 is 0 Å². The average Bonchev–Trinajstić information content (AvgIpc) is 3.36. The fourth-order valence-electron chi connectivity index (χ4n) is 3.28. The minimum atomic E-state index is -0.452. The number of carbonyl (C=O) groups is 1. The molecule has 30 heavy (non-hydrogen) atoms. The van der Waals surface area contributed by atoms with E-state index in [4.69, 9.17) is 20.9 Å². The lowest BCUT2D eigenvalue weighted by atomic mass is 10.1. The molecule has 0 N–H and O–H groups in total. The SMILES string of the molecule is CC(C)COc1ccc(-c2noc(C3CC(=O)N(c4cc(F)ccc4Cl)C3)n2)cc1. The van der Waals surface area contributed by atoms with Crippen LogP contribution < -0.4 is 9.64 Å². The number of aromatic nitrogens is 2. The third-order valence-electron chi connectivity index (χ3n) is 4.81. The van der Waals surface area contributed by atoms with Crippen LogP contribution in [0.5, 0.6) is 5.75 Å². The zero-order chi connectivity index (χ0) is 21.3. The predicted molar refractivity (Wildman–Crippen MR) is 111 cm³/mol. The fourth-order valence-corrected chi connectivity index (χ4v) is 3.50. The molecule has 1 unspecified atom stereocenters. The van der Waals surface area contributed by atoms with Crippen molar-refractivity contribution in [2.45, 2.75) is 26.2 Å². The average molecular weight is 430 g/mol. The fraction of sp³-hybridized carbons (Fsp3) is 0.318. The molecule has 1 amide bonds. The highest BCUT2D eigenvalue weighted by atomic mass is 35.5. The van der Waals surface area contributed by atoms with Crippen molar-refractivity contribution in [3.05, 3.63) is 59.2 Å². The second-order valence-corrected chi connectivity index (χ2v) is 8.09. The normalized spacial score (nSPS) is 16.5. The van der Waals surface area contributed by atoms with Gasteiger partial charge in [-0.25, -0.2) is 4.39 Å². The highest BCUT2D eigenvalue weighted by Gasteiger charge is 2.36. The molecule has 0 radical (unpaired) electrons. The van der Waals surface area contributed by atoms with Crippen LogP contribution in [0.2, 0.25) is 5.02 Å². The predicted octanol–water partition coefficient (Wildman–Crippen LogP) is 5.08. The van der Waals surface area contributed by atoms with E-state index in [1.165, 1.54) is 23.1 Å². The molecule has 1 saturated heterocycles. The van der Waals surface area contributed by atoms with E-state index in [-0.39, 0.29) is 18.2 Å². The van der Waals surface area contributed by atoms with Gasteiger partial charge < -0.3 is 14.2 Å². The molecule has 2 aromatic carbocycles. The highest BCUT2D eigenvalue weighted by molar-refractivity contribution is 6.33. The molecule has 1 atom stereocenters. The number of amides is 1. The van der Waals surface area contributed by atoms with Crippen LogP contribution in [0.15, 0.2) is 47.0 Å². The largest absolute Gasteiger partial charge is 0.493 e. The Labute approximate surface area is 178 Å². The van der Waals surface area contributed by atoms with Gasteiger partial charge in [0.25, 0.3) is 0 Å². The number of halogens is 2. The van der Waals surface area contributed by atoms with Crippen molar-refractivity contribution < 1.29 is 18.4 Å². The van der Waals surface area contributed by atoms with Crippen LogP contribution in [0.25, 0.3) is 11.4 Å². The minimum absolute atomic E-state index is 0.168. The number of anilines is 1. The Morgan fingerprint density at radius 1 is 1.27 bits per heavy atom. The number of ether oxygens (including phenoxy) is 1. The number of benzene rings is 2. The van der Waals surface area contributed by atoms with Gasteiger partial charge in [-0.1, -0.05) is 30.6 Å². The molecule has 8 heteroatoms. The van der Waals surface area contributed by atoms with E-state index in [0.717, 1.165) is 11.3 Å². The highest BCUT2D eigenvalue weighted by Crippen LogP contribution is 2.35. The first-order chi connectivity index (χ1) is 14.4. The van der Waals surface area contributed by atoms with Gasteiger partial charge in [0, 0.05) is 18.5 Å². The Kier molecular flexibility index (Phi) is 5.72. The first kappa shape index (κ1) is 20.3. The summed E-state index contributed by atoms with van der Waals surface area (Å²) in [5, 5.41) is 4.36. The van der Waals surface area contributed by atoms with Gasteiger partial charge in [-0.05, 0) is 48.4 Å². The Bertz CT molecular complexity index is 1050. The topological polar surface area (TPSA) is 68.5 Å². The van der Waals surface area contributed by atoms with E-state index in [1.807, 2.05) is 24.3 Å². The lowest BCUT2D eigenvalue weighted by Crippen LogP contribution is -2.24. The lowest BCUT2D eigenvalue weighted by Gasteiger charge is -2.17. The molecule has 156 valence electrons. The second-order valence-electron chi connectivity index (χ2n) is 7.69. The standard InChI is InChI=1S/C22H21ClFN3O3/c1-13(2)12-29-17-6-3-14(4-7-17)21-25-22(30-26-21)15-9-20(28)27(11-15)19-10-16(24)5-8-18(19)23/h3-8,10,13,15H,9,11-12H2,1-2H3. The molecule has 1 aliphatic rings. The zero-order valence-electron chi connectivity index (χ0n) is 16.6. The number of hydrogen-bond acceptors (Lipinski definition) is 5. The van der Waals surface area contributed by atoms with Gasteiger partial charge in [0.2, 0.25) is 17.6 Å². The maximum absolute atomic E-state index is 13.6. The zero-order valence-corrected chi connectivity index (χ0v) is 17.4. The molecular weight excluding hydrogens is 409 g/mol. The Morgan fingerprint density at radius 3 is 2.77 bits per heavy atom. The van der Waals surface area contributed by atoms with Crippen LogP contribution in [0.3, 0.4) is 0 Å². The molecule has 1 aliphatic heterocycles. The van der Waals surface area contributed by atoms with E-state index in [9.17, 15) is 9.18 Å². The van der Waals surface area contributed by atoms with E-state index in [1.54, 1.807) is 0 Å². The van der Waals surface area contributed by atoms with Crippen LogP contribution in [-0.4, -0.2) is 29.2 Å². The maximum atomic E-state index is 13.6. The van der Waals surface area contributed by atoms with E-state index in [2.05, 4.69) is 24.0 Å². The summed E-state index contributed by atoms with van der Waals surface area (Å²) in [5.74, 6) is 1.13. The third kappa shape index (κ3) is 4.31. The van der Waals surface area contributed by atoms with Crippen LogP contribution in [0, 0.1) is 11.7 Å². The van der Waals surface area contributed by atoms with Crippen molar-refractivity contribution in [3.63, 3.8) is 0 Å². The monoisotopic (exact) mass is 429 g/mol. The maximum Gasteiger partial charge on any atom is 0.232 e. The summed E-state index contributed by atoms with van der Waals surface area (Å²) in [6.45, 7) is 5.12. The summed E-state index contributed by atoms with van der Waals surface area (Å²) in [6.07, 6.45) is 0.191. The molecule has 1 fully saturated rings. The summed E-state index contributed by atoms with van der Waals surface area (Å²) in [7, 11) is 0. The quantitative estimate of drug-likeness (QED) is 0.546. The number of carbonyl (C=O) groups excluding carboxylic acids is 1. The molecule has 1 aromatic heterocycles. The Balaban J connectivity index is 1.48. The molecule has 0 bridgehead atoms. The minimum Gasteiger partial charge on any atom is -0.493 e. The molecular formula is C22H21ClFN3O3. The summed E-state index contributed by atoms with van der Waals surface area (Å²) in [4.78, 5) is 18.4. The van der Waals surface area contributed by atoms with Gasteiger partial charge in [-0.3, -0.25) is 4.79 Å². The smallest absolute Gasteiger partial charge is 0.232 e. The van der Waals surface area contributed by atoms with Crippen LogP contribution in [0.4, 0.5) is 10.1 Å². The summed E-state index contributed by atoms with van der Waals surface area (Å²) >= 11 is 6.15. The van der Waals surface area contributed by atoms with Crippen molar-refractivity contribution in [1.82, 2.24) is 10.1 Å². The summed E-state index contributed by atoms with van der Waals surface area (Å²) in [5.41, 5.74) is 1.14. The number of rotatable bonds is 6. The number of hydrogen-bond donors (Lipinski definition) is 0. The van der Waals surface area contributed by atoms with E-state index >= 15 is 0 Å². The van der Waals surface area contributed by atoms with Crippen molar-refractivity contribution in [1.29, 1.82) is 0 Å². The first-order valence-corrected chi connectivity index (χ1v) is 10.1. The molecule has 3 aromatic rings. The Hall–Kier alpha value is -2.93. The van der Waals surface area contributed by atoms with Gasteiger partial charge in [0.15, 0.2) is 0 Å². The first-order valence-electron chi connectivity index (χ1n) is 9.73. The molecule has 0 aliphatic carbocycles. The van der Waals surface area contributed by atoms with Gasteiger partial charge in [-0.15, -0.1) is 0 Å². The van der Waals surface area contributed by atoms with Crippen LogP contribution in [-0.2, 0) is 4.79 Å². The molecule has 2 heterocycles. The van der Waals surface area contributed by atoms with Gasteiger partial charge in [0.1, 0.15) is 11.6 Å². The van der Waals surface area contributed by atoms with Crippen LogP contribution in [0.1, 0.15) is 32.1 Å². The van der Waals surface area contributed by atoms with Gasteiger partial charge in [-0.2, -0.15) is 4.98 Å². The van der Waals surface area contributed by atoms with Gasteiger partial charge in [0.05, 0.1) is 23.2 Å². The summed E-state index contributed by atoms with van der Waals surface area (Å²) in [6, 6.07) is 11.4. The third-order valence-corrected chi connectivity index (χ3v) is 5.13. The van der Waals surface area contributed by atoms with Crippen molar-refractivity contribution in [2.75, 3.05) is 18.1 Å². The van der Waals surface area contributed by atoms with E-state index < -0.39 is 5.82 Å². The number of nitrogens with zero attached hydrogens (tertiary/aromatic N) is 3.